The molecular formula is C21H18N2O2S. The Morgan fingerprint density at radius 1 is 1.08 bits per heavy atom. The average molecular weight is 362 g/mol. The first-order valence-corrected chi connectivity index (χ1v) is 9.14. The number of ether oxygens (including phenoxy) is 1. The maximum Gasteiger partial charge on any atom is 0.260 e. The molecule has 0 spiro atoms. The van der Waals surface area contributed by atoms with Crippen LogP contribution in [0.25, 0.3) is 32.7 Å². The van der Waals surface area contributed by atoms with Crippen molar-refractivity contribution in [2.45, 2.75) is 13.8 Å². The summed E-state index contributed by atoms with van der Waals surface area (Å²) >= 11 is 1.54. The lowest BCUT2D eigenvalue weighted by atomic mass is 10.0. The third-order valence-corrected chi connectivity index (χ3v) is 5.50. The van der Waals surface area contributed by atoms with E-state index in [1.54, 1.807) is 18.4 Å². The lowest BCUT2D eigenvalue weighted by Gasteiger charge is -2.06. The van der Waals surface area contributed by atoms with Crippen LogP contribution >= 0.6 is 11.3 Å². The minimum atomic E-state index is -0.115. The lowest BCUT2D eigenvalue weighted by Crippen LogP contribution is -2.09. The fourth-order valence-electron chi connectivity index (χ4n) is 3.21. The highest BCUT2D eigenvalue weighted by Crippen LogP contribution is 2.37. The molecule has 0 saturated heterocycles. The first-order chi connectivity index (χ1) is 12.6. The van der Waals surface area contributed by atoms with Crippen LogP contribution in [0.4, 0.5) is 0 Å². The van der Waals surface area contributed by atoms with Crippen LogP contribution in [0.15, 0.2) is 53.3 Å². The summed E-state index contributed by atoms with van der Waals surface area (Å²) in [6.07, 6.45) is 0. The summed E-state index contributed by atoms with van der Waals surface area (Å²) in [4.78, 5) is 22.5. The van der Waals surface area contributed by atoms with Crippen LogP contribution < -0.4 is 10.3 Å². The first-order valence-electron chi connectivity index (χ1n) is 8.32. The number of methoxy groups -OCH3 is 1. The zero-order chi connectivity index (χ0) is 18.3. The topological polar surface area (TPSA) is 55.0 Å². The van der Waals surface area contributed by atoms with Gasteiger partial charge in [0.1, 0.15) is 16.4 Å². The second-order valence-electron chi connectivity index (χ2n) is 6.17. The Morgan fingerprint density at radius 2 is 1.88 bits per heavy atom. The summed E-state index contributed by atoms with van der Waals surface area (Å²) in [5, 5.41) is 0.637. The molecular weight excluding hydrogens is 344 g/mol. The predicted molar refractivity (Wildman–Crippen MR) is 107 cm³/mol. The van der Waals surface area contributed by atoms with E-state index in [1.165, 1.54) is 0 Å². The Morgan fingerprint density at radius 3 is 2.65 bits per heavy atom. The fraction of sp³-hybridized carbons (Fsp3) is 0.143. The Bertz CT molecular complexity index is 1170. The molecule has 130 valence electrons. The number of thiophene rings is 1. The van der Waals surface area contributed by atoms with Gasteiger partial charge in [-0.2, -0.15) is 0 Å². The Hall–Kier alpha value is -2.92. The van der Waals surface area contributed by atoms with E-state index in [2.05, 4.69) is 4.98 Å². The van der Waals surface area contributed by atoms with E-state index in [1.807, 2.05) is 62.4 Å². The fourth-order valence-corrected chi connectivity index (χ4v) is 4.26. The van der Waals surface area contributed by atoms with Crippen LogP contribution in [0.3, 0.4) is 0 Å². The maximum atomic E-state index is 12.9. The number of nitrogens with zero attached hydrogens (tertiary/aromatic N) is 1. The summed E-state index contributed by atoms with van der Waals surface area (Å²) in [5.41, 5.74) is 3.80. The summed E-state index contributed by atoms with van der Waals surface area (Å²) in [6.45, 7) is 4.04. The molecule has 4 rings (SSSR count). The molecule has 0 aliphatic carbocycles. The molecule has 0 aliphatic heterocycles. The largest absolute Gasteiger partial charge is 0.497 e. The highest BCUT2D eigenvalue weighted by atomic mass is 32.1. The van der Waals surface area contributed by atoms with Gasteiger partial charge in [-0.1, -0.05) is 36.4 Å². The molecule has 2 aromatic heterocycles. The minimum Gasteiger partial charge on any atom is -0.497 e. The molecule has 4 aromatic rings. The third kappa shape index (κ3) is 2.70. The molecule has 2 aromatic carbocycles. The zero-order valence-electron chi connectivity index (χ0n) is 14.8. The van der Waals surface area contributed by atoms with Crippen LogP contribution in [-0.4, -0.2) is 17.1 Å². The number of benzene rings is 2. The van der Waals surface area contributed by atoms with E-state index in [4.69, 9.17) is 9.72 Å². The summed E-state index contributed by atoms with van der Waals surface area (Å²) in [6, 6.07) is 15.7. The number of aromatic nitrogens is 2. The number of H-pyrrole nitrogens is 1. The molecule has 0 aliphatic rings. The van der Waals surface area contributed by atoms with E-state index >= 15 is 0 Å². The van der Waals surface area contributed by atoms with Crippen molar-refractivity contribution in [2.24, 2.45) is 0 Å². The van der Waals surface area contributed by atoms with Crippen LogP contribution in [-0.2, 0) is 0 Å². The van der Waals surface area contributed by atoms with Gasteiger partial charge in [-0.15, -0.1) is 11.3 Å². The molecule has 0 unspecified atom stereocenters. The molecule has 26 heavy (non-hydrogen) atoms. The SMILES string of the molecule is COc1cccc(-c2c(C)sc3nc(-c4ccccc4C)[nH]c(=O)c23)c1. The van der Waals surface area contributed by atoms with Crippen molar-refractivity contribution in [3.63, 3.8) is 0 Å². The third-order valence-electron chi connectivity index (χ3n) is 4.50. The van der Waals surface area contributed by atoms with Gasteiger partial charge in [0.05, 0.1) is 12.5 Å². The van der Waals surface area contributed by atoms with Gasteiger partial charge in [0, 0.05) is 16.0 Å². The van der Waals surface area contributed by atoms with Gasteiger partial charge in [0.15, 0.2) is 0 Å². The van der Waals surface area contributed by atoms with E-state index in [0.29, 0.717) is 11.2 Å². The Balaban J connectivity index is 1.96. The maximum absolute atomic E-state index is 12.9. The molecule has 1 N–H and O–H groups in total. The summed E-state index contributed by atoms with van der Waals surface area (Å²) in [7, 11) is 1.64. The van der Waals surface area contributed by atoms with Crippen LogP contribution in [0.2, 0.25) is 0 Å². The highest BCUT2D eigenvalue weighted by Gasteiger charge is 2.18. The molecule has 0 bridgehead atoms. The number of rotatable bonds is 3. The van der Waals surface area contributed by atoms with E-state index < -0.39 is 0 Å². The van der Waals surface area contributed by atoms with E-state index in [9.17, 15) is 4.79 Å². The molecule has 0 saturated carbocycles. The second kappa shape index (κ2) is 6.42. The van der Waals surface area contributed by atoms with Gasteiger partial charge in [0.25, 0.3) is 5.56 Å². The Labute approximate surface area is 155 Å². The molecule has 0 radical (unpaired) electrons. The number of aromatic amines is 1. The number of fused-ring (bicyclic) bond motifs is 1. The second-order valence-corrected chi connectivity index (χ2v) is 7.38. The van der Waals surface area contributed by atoms with Crippen molar-refractivity contribution in [3.05, 3.63) is 69.3 Å². The number of nitrogens with one attached hydrogen (secondary N) is 1. The molecule has 2 heterocycles. The van der Waals surface area contributed by atoms with Gasteiger partial charge in [-0.25, -0.2) is 4.98 Å². The van der Waals surface area contributed by atoms with Gasteiger partial charge in [0.2, 0.25) is 0 Å². The van der Waals surface area contributed by atoms with Crippen molar-refractivity contribution in [3.8, 4) is 28.3 Å². The quantitative estimate of drug-likeness (QED) is 0.561. The molecule has 0 atom stereocenters. The van der Waals surface area contributed by atoms with E-state index in [0.717, 1.165) is 37.7 Å². The van der Waals surface area contributed by atoms with Crippen molar-refractivity contribution in [1.29, 1.82) is 0 Å². The van der Waals surface area contributed by atoms with Gasteiger partial charge < -0.3 is 9.72 Å². The molecule has 0 fully saturated rings. The van der Waals surface area contributed by atoms with Crippen molar-refractivity contribution in [2.75, 3.05) is 7.11 Å². The highest BCUT2D eigenvalue weighted by molar-refractivity contribution is 7.19. The summed E-state index contributed by atoms with van der Waals surface area (Å²) in [5.74, 6) is 1.38. The zero-order valence-corrected chi connectivity index (χ0v) is 15.6. The molecule has 0 amide bonds. The van der Waals surface area contributed by atoms with Crippen molar-refractivity contribution >= 4 is 21.6 Å². The van der Waals surface area contributed by atoms with E-state index in [-0.39, 0.29) is 5.56 Å². The number of aryl methyl sites for hydroxylation is 2. The average Bonchev–Trinajstić information content (AvgIpc) is 2.98. The normalized spacial score (nSPS) is 11.0. The van der Waals surface area contributed by atoms with Crippen molar-refractivity contribution in [1.82, 2.24) is 9.97 Å². The minimum absolute atomic E-state index is 0.115. The van der Waals surface area contributed by atoms with Crippen LogP contribution in [0.1, 0.15) is 10.4 Å². The van der Waals surface area contributed by atoms with Gasteiger partial charge >= 0.3 is 0 Å². The smallest absolute Gasteiger partial charge is 0.260 e. The van der Waals surface area contributed by atoms with Crippen molar-refractivity contribution < 1.29 is 4.74 Å². The molecule has 4 nitrogen and oxygen atoms in total. The standard InChI is InChI=1S/C21H18N2O2S/c1-12-7-4-5-10-16(12)19-22-20(24)18-17(13(2)26-21(18)23-19)14-8-6-9-15(11-14)25-3/h4-11H,1-3H3,(H,22,23,24). The van der Waals surface area contributed by atoms with Gasteiger partial charge in [-0.3, -0.25) is 4.79 Å². The number of hydrogen-bond donors (Lipinski definition) is 1. The summed E-state index contributed by atoms with van der Waals surface area (Å²) < 4.78 is 5.33. The predicted octanol–water partition coefficient (Wildman–Crippen LogP) is 4.94. The van der Waals surface area contributed by atoms with Gasteiger partial charge in [-0.05, 0) is 37.1 Å². The van der Waals surface area contributed by atoms with Crippen LogP contribution in [0, 0.1) is 13.8 Å². The number of hydrogen-bond acceptors (Lipinski definition) is 4. The lowest BCUT2D eigenvalue weighted by molar-refractivity contribution is 0.415. The monoisotopic (exact) mass is 362 g/mol. The van der Waals surface area contributed by atoms with Crippen LogP contribution in [0.5, 0.6) is 5.75 Å². The first kappa shape index (κ1) is 16.5. The Kier molecular flexibility index (Phi) is 4.09. The molecule has 5 heteroatoms.